The van der Waals surface area contributed by atoms with E-state index in [1.165, 1.54) is 0 Å². The average molecular weight is 234 g/mol. The average Bonchev–Trinajstić information content (AvgIpc) is 1.83. The van der Waals surface area contributed by atoms with E-state index in [0.29, 0.717) is 0 Å². The maximum absolute atomic E-state index is 9.72. The number of carbonyl (C=O) groups is 3. The Morgan fingerprint density at radius 3 is 1.50 bits per heavy atom. The molecule has 0 fully saturated rings. The summed E-state index contributed by atoms with van der Waals surface area (Å²) in [5, 5.41) is 40.8. The Labute approximate surface area is 108 Å². The van der Waals surface area contributed by atoms with Crippen molar-refractivity contribution in [2.75, 3.05) is 0 Å². The second kappa shape index (κ2) is 10.5. The number of hydrogen-bond acceptors (Lipinski definition) is 6. The largest absolute Gasteiger partial charge is 2.00 e. The number of carboxylic acids is 2. The predicted molar refractivity (Wildman–Crippen MR) is 37.0 cm³/mol. The van der Waals surface area contributed by atoms with E-state index in [4.69, 9.17) is 30.3 Å². The standard InChI is InChI=1S/C4H6O5.CH2O3.Ca/c5-2(4(8)9)1-3(6)7;2-1(3)4;/h2,5H,1H2,(H,6,7)(H,8,9);(H2,2,3,4);/q;;+2/p-2. The Balaban J connectivity index is -0.000000209. The van der Waals surface area contributed by atoms with Crippen molar-refractivity contribution >= 4 is 55.8 Å². The molecular weight excluding hydrogens is 228 g/mol. The monoisotopic (exact) mass is 234 g/mol. The van der Waals surface area contributed by atoms with Gasteiger partial charge in [0.05, 0.1) is 6.42 Å². The molecule has 1 unspecified atom stereocenters. The molecule has 0 heterocycles. The SMILES string of the molecule is O=C(O)CC(O)C(=O)O.O=C([O-])[O-].[Ca+2]. The van der Waals surface area contributed by atoms with E-state index in [9.17, 15) is 9.59 Å². The zero-order valence-corrected chi connectivity index (χ0v) is 9.08. The van der Waals surface area contributed by atoms with Crippen molar-refractivity contribution in [1.82, 2.24) is 0 Å². The molecule has 0 bridgehead atoms. The molecule has 8 nitrogen and oxygen atoms in total. The van der Waals surface area contributed by atoms with Crippen LogP contribution in [0.3, 0.4) is 0 Å². The van der Waals surface area contributed by atoms with E-state index >= 15 is 0 Å². The van der Waals surface area contributed by atoms with Gasteiger partial charge in [0.15, 0.2) is 6.10 Å². The summed E-state index contributed by atoms with van der Waals surface area (Å²) in [7, 11) is 0. The first-order valence-corrected chi connectivity index (χ1v) is 2.78. The molecule has 0 spiro atoms. The summed E-state index contributed by atoms with van der Waals surface area (Å²) in [5.41, 5.74) is 0. The maximum atomic E-state index is 9.72. The smallest absolute Gasteiger partial charge is 0.652 e. The second-order valence-electron chi connectivity index (χ2n) is 1.70. The fourth-order valence-electron chi connectivity index (χ4n) is 0.253. The van der Waals surface area contributed by atoms with Gasteiger partial charge in [0.25, 0.3) is 0 Å². The third-order valence-electron chi connectivity index (χ3n) is 0.653. The summed E-state index contributed by atoms with van der Waals surface area (Å²) < 4.78 is 0. The Morgan fingerprint density at radius 2 is 1.43 bits per heavy atom. The Bertz CT molecular complexity index is 198. The third-order valence-corrected chi connectivity index (χ3v) is 0.653. The quantitative estimate of drug-likeness (QED) is 0.417. The van der Waals surface area contributed by atoms with Crippen molar-refractivity contribution in [2.45, 2.75) is 12.5 Å². The minimum absolute atomic E-state index is 0. The van der Waals surface area contributed by atoms with Crippen LogP contribution in [0, 0.1) is 0 Å². The maximum Gasteiger partial charge on any atom is 2.00 e. The van der Waals surface area contributed by atoms with Gasteiger partial charge in [-0.15, -0.1) is 0 Å². The van der Waals surface area contributed by atoms with Crippen molar-refractivity contribution in [3.63, 3.8) is 0 Å². The summed E-state index contributed by atoms with van der Waals surface area (Å²) >= 11 is 0. The zero-order chi connectivity index (χ0) is 11.0. The molecule has 0 aromatic rings. The predicted octanol–water partition coefficient (Wildman–Crippen LogP) is -3.92. The van der Waals surface area contributed by atoms with Crippen LogP contribution in [0.15, 0.2) is 0 Å². The van der Waals surface area contributed by atoms with Crippen molar-refractivity contribution in [1.29, 1.82) is 0 Å². The summed E-state index contributed by atoms with van der Waals surface area (Å²) in [6, 6.07) is 0. The van der Waals surface area contributed by atoms with E-state index in [2.05, 4.69) is 0 Å². The van der Waals surface area contributed by atoms with Gasteiger partial charge in [-0.25, -0.2) is 4.79 Å². The molecule has 0 aromatic heterocycles. The van der Waals surface area contributed by atoms with Crippen LogP contribution in [0.25, 0.3) is 0 Å². The number of rotatable bonds is 3. The van der Waals surface area contributed by atoms with Crippen molar-refractivity contribution in [3.8, 4) is 0 Å². The van der Waals surface area contributed by atoms with Gasteiger partial charge in [0, 0.05) is 0 Å². The minimum Gasteiger partial charge on any atom is -0.652 e. The van der Waals surface area contributed by atoms with E-state index < -0.39 is 30.6 Å². The molecule has 0 saturated carbocycles. The number of aliphatic hydroxyl groups is 1. The van der Waals surface area contributed by atoms with E-state index in [1.807, 2.05) is 0 Å². The van der Waals surface area contributed by atoms with Gasteiger partial charge in [0.2, 0.25) is 0 Å². The van der Waals surface area contributed by atoms with Crippen molar-refractivity contribution < 1.29 is 39.9 Å². The van der Waals surface area contributed by atoms with Gasteiger partial charge < -0.3 is 30.3 Å². The first-order chi connectivity index (χ1) is 5.77. The Morgan fingerprint density at radius 1 is 1.14 bits per heavy atom. The van der Waals surface area contributed by atoms with Gasteiger partial charge in [-0.2, -0.15) is 0 Å². The van der Waals surface area contributed by atoms with Gasteiger partial charge in [-0.3, -0.25) is 4.79 Å². The fourth-order valence-corrected chi connectivity index (χ4v) is 0.253. The summed E-state index contributed by atoms with van der Waals surface area (Å²) in [6.45, 7) is 0. The van der Waals surface area contributed by atoms with Gasteiger partial charge in [-0.1, -0.05) is 0 Å². The van der Waals surface area contributed by atoms with Crippen LogP contribution in [0.4, 0.5) is 4.79 Å². The van der Waals surface area contributed by atoms with Crippen LogP contribution >= 0.6 is 0 Å². The number of carboxylic acid groups (broad SMARTS) is 4. The number of carbonyl (C=O) groups excluding carboxylic acids is 1. The summed E-state index contributed by atoms with van der Waals surface area (Å²) in [6.07, 6.45) is -4.88. The fraction of sp³-hybridized carbons (Fsp3) is 0.400. The Kier molecular flexibility index (Phi) is 14.3. The number of aliphatic hydroxyl groups excluding tert-OH is 1. The molecule has 0 aromatic carbocycles. The molecule has 3 N–H and O–H groups in total. The van der Waals surface area contributed by atoms with Gasteiger partial charge >= 0.3 is 49.7 Å². The molecular formula is C5H6CaO8. The van der Waals surface area contributed by atoms with Crippen LogP contribution in [0.2, 0.25) is 0 Å². The first kappa shape index (κ1) is 19.1. The molecule has 0 amide bonds. The van der Waals surface area contributed by atoms with E-state index in [-0.39, 0.29) is 37.7 Å². The molecule has 0 aliphatic rings. The second-order valence-corrected chi connectivity index (χ2v) is 1.70. The molecule has 1 atom stereocenters. The normalized spacial score (nSPS) is 9.79. The first-order valence-electron chi connectivity index (χ1n) is 2.78. The third kappa shape index (κ3) is 22.5. The van der Waals surface area contributed by atoms with E-state index in [1.54, 1.807) is 0 Å². The molecule has 0 saturated heterocycles. The zero-order valence-electron chi connectivity index (χ0n) is 6.87. The van der Waals surface area contributed by atoms with Crippen LogP contribution in [0.1, 0.15) is 6.42 Å². The molecule has 0 aliphatic carbocycles. The van der Waals surface area contributed by atoms with Crippen molar-refractivity contribution in [2.24, 2.45) is 0 Å². The minimum atomic E-state index is -2.33. The van der Waals surface area contributed by atoms with Gasteiger partial charge in [-0.05, 0) is 6.16 Å². The topological polar surface area (TPSA) is 158 Å². The number of hydrogen-bond donors (Lipinski definition) is 3. The Hall–Kier alpha value is -0.570. The molecule has 0 rings (SSSR count). The number of aliphatic carboxylic acids is 2. The van der Waals surface area contributed by atoms with Crippen LogP contribution in [-0.4, -0.2) is 77.3 Å². The molecule has 76 valence electrons. The van der Waals surface area contributed by atoms with Crippen LogP contribution in [-0.2, 0) is 9.59 Å². The van der Waals surface area contributed by atoms with Gasteiger partial charge in [0.1, 0.15) is 0 Å². The molecule has 0 radical (unpaired) electrons. The van der Waals surface area contributed by atoms with Crippen LogP contribution < -0.4 is 10.2 Å². The summed E-state index contributed by atoms with van der Waals surface area (Å²) in [5.74, 6) is -2.85. The molecule has 0 aliphatic heterocycles. The molecule has 14 heavy (non-hydrogen) atoms. The summed E-state index contributed by atoms with van der Waals surface area (Å²) in [4.78, 5) is 27.7. The van der Waals surface area contributed by atoms with Crippen molar-refractivity contribution in [3.05, 3.63) is 0 Å². The molecule has 9 heteroatoms. The van der Waals surface area contributed by atoms with E-state index in [0.717, 1.165) is 0 Å². The van der Waals surface area contributed by atoms with Crippen LogP contribution in [0.5, 0.6) is 0 Å².